The lowest BCUT2D eigenvalue weighted by atomic mass is 9.68. The fourth-order valence-corrected chi connectivity index (χ4v) is 6.14. The molecule has 1 unspecified atom stereocenters. The monoisotopic (exact) mass is 444 g/mol. The Bertz CT molecular complexity index is 824. The van der Waals surface area contributed by atoms with E-state index in [-0.39, 0.29) is 23.2 Å². The molecule has 1 saturated heterocycles. The SMILES string of the molecule is CCCNc1cc(OC)c(C(=O)NC2CCN(C3C4CCCC3CCC4)C2)cc1[N+](=O)[O-]. The number of ether oxygens (including phenoxy) is 1. The summed E-state index contributed by atoms with van der Waals surface area (Å²) < 4.78 is 5.42. The third kappa shape index (κ3) is 4.70. The number of amides is 1. The molecule has 1 heterocycles. The Kier molecular flexibility index (Phi) is 7.18. The highest BCUT2D eigenvalue weighted by Crippen LogP contribution is 2.43. The van der Waals surface area contributed by atoms with E-state index < -0.39 is 4.92 Å². The van der Waals surface area contributed by atoms with Crippen LogP contribution in [0, 0.1) is 22.0 Å². The first-order valence-electron chi connectivity index (χ1n) is 12.2. The average Bonchev–Trinajstić information content (AvgIpc) is 3.24. The summed E-state index contributed by atoms with van der Waals surface area (Å²) in [5.41, 5.74) is 0.489. The largest absolute Gasteiger partial charge is 0.496 e. The first kappa shape index (κ1) is 22.8. The van der Waals surface area contributed by atoms with Crippen LogP contribution in [0.3, 0.4) is 0 Å². The Morgan fingerprint density at radius 2 is 1.88 bits per heavy atom. The molecule has 1 aromatic carbocycles. The molecule has 8 nitrogen and oxygen atoms in total. The third-order valence-corrected chi connectivity index (χ3v) is 7.57. The van der Waals surface area contributed by atoms with E-state index in [1.165, 1.54) is 51.7 Å². The predicted molar refractivity (Wildman–Crippen MR) is 124 cm³/mol. The van der Waals surface area contributed by atoms with Gasteiger partial charge in [0.2, 0.25) is 0 Å². The summed E-state index contributed by atoms with van der Waals surface area (Å²) in [5, 5.41) is 17.8. The lowest BCUT2D eigenvalue weighted by molar-refractivity contribution is -0.384. The van der Waals surface area contributed by atoms with Crippen molar-refractivity contribution in [1.29, 1.82) is 0 Å². The standard InChI is InChI=1S/C24H36N4O4/c1-3-11-25-20-14-22(32-2)19(13-21(20)28(30)31)24(29)26-18-10-12-27(15-18)23-16-6-4-7-17(23)9-5-8-16/h13-14,16-18,23,25H,3-12,15H2,1-2H3,(H,26,29). The van der Waals surface area contributed by atoms with Gasteiger partial charge in [-0.1, -0.05) is 19.8 Å². The minimum absolute atomic E-state index is 0.0619. The van der Waals surface area contributed by atoms with Crippen molar-refractivity contribution < 1.29 is 14.5 Å². The average molecular weight is 445 g/mol. The Morgan fingerprint density at radius 3 is 2.47 bits per heavy atom. The topological polar surface area (TPSA) is 96.7 Å². The van der Waals surface area contributed by atoms with Gasteiger partial charge >= 0.3 is 0 Å². The first-order chi connectivity index (χ1) is 15.5. The van der Waals surface area contributed by atoms with Crippen LogP contribution in [0.2, 0.25) is 0 Å². The normalized spacial score (nSPS) is 27.7. The molecule has 3 aliphatic rings. The number of likely N-dealkylation sites (tertiary alicyclic amines) is 1. The van der Waals surface area contributed by atoms with Gasteiger partial charge in [-0.3, -0.25) is 19.8 Å². The summed E-state index contributed by atoms with van der Waals surface area (Å²) in [6.07, 6.45) is 9.85. The molecule has 0 aromatic heterocycles. The van der Waals surface area contributed by atoms with Gasteiger partial charge in [0.1, 0.15) is 11.4 Å². The predicted octanol–water partition coefficient (Wildman–Crippen LogP) is 4.20. The lowest BCUT2D eigenvalue weighted by Crippen LogP contribution is -2.50. The smallest absolute Gasteiger partial charge is 0.293 e. The molecule has 1 amide bonds. The Hall–Kier alpha value is -2.35. The van der Waals surface area contributed by atoms with Gasteiger partial charge in [-0.05, 0) is 50.4 Å². The van der Waals surface area contributed by atoms with Crippen LogP contribution in [-0.4, -0.2) is 54.6 Å². The summed E-state index contributed by atoms with van der Waals surface area (Å²) in [6, 6.07) is 3.63. The van der Waals surface area contributed by atoms with E-state index in [4.69, 9.17) is 4.74 Å². The minimum atomic E-state index is -0.451. The zero-order valence-corrected chi connectivity index (χ0v) is 19.3. The summed E-state index contributed by atoms with van der Waals surface area (Å²) in [6.45, 7) is 4.48. The van der Waals surface area contributed by atoms with Gasteiger partial charge in [-0.2, -0.15) is 0 Å². The molecule has 2 saturated carbocycles. The Morgan fingerprint density at radius 1 is 1.19 bits per heavy atom. The van der Waals surface area contributed by atoms with E-state index >= 15 is 0 Å². The maximum atomic E-state index is 13.1. The summed E-state index contributed by atoms with van der Waals surface area (Å²) in [4.78, 5) is 26.9. The fraction of sp³-hybridized carbons (Fsp3) is 0.708. The number of nitrogens with zero attached hydrogens (tertiary/aromatic N) is 2. The van der Waals surface area contributed by atoms with Gasteiger partial charge in [0, 0.05) is 43.9 Å². The molecule has 0 spiro atoms. The van der Waals surface area contributed by atoms with Crippen LogP contribution < -0.4 is 15.4 Å². The highest BCUT2D eigenvalue weighted by molar-refractivity contribution is 5.99. The van der Waals surface area contributed by atoms with Crippen molar-refractivity contribution in [3.05, 3.63) is 27.8 Å². The molecular formula is C24H36N4O4. The van der Waals surface area contributed by atoms with E-state index in [0.717, 1.165) is 37.8 Å². The van der Waals surface area contributed by atoms with Crippen molar-refractivity contribution >= 4 is 17.3 Å². The number of nitro groups is 1. The number of benzene rings is 1. The van der Waals surface area contributed by atoms with E-state index in [9.17, 15) is 14.9 Å². The molecule has 4 rings (SSSR count). The number of nitrogens with one attached hydrogen (secondary N) is 2. The molecule has 32 heavy (non-hydrogen) atoms. The summed E-state index contributed by atoms with van der Waals surface area (Å²) in [5.74, 6) is 1.66. The quantitative estimate of drug-likeness (QED) is 0.461. The van der Waals surface area contributed by atoms with E-state index in [1.807, 2.05) is 6.92 Å². The second kappa shape index (κ2) is 10.1. The fourth-order valence-electron chi connectivity index (χ4n) is 6.14. The molecule has 2 bridgehead atoms. The van der Waals surface area contributed by atoms with Crippen molar-refractivity contribution in [3.8, 4) is 5.75 Å². The van der Waals surface area contributed by atoms with Crippen LogP contribution in [0.1, 0.15) is 68.6 Å². The number of nitro benzene ring substituents is 1. The first-order valence-corrected chi connectivity index (χ1v) is 12.2. The summed E-state index contributed by atoms with van der Waals surface area (Å²) in [7, 11) is 1.49. The number of anilines is 1. The van der Waals surface area contributed by atoms with Crippen molar-refractivity contribution in [2.24, 2.45) is 11.8 Å². The van der Waals surface area contributed by atoms with Gasteiger partial charge in [-0.25, -0.2) is 0 Å². The van der Waals surface area contributed by atoms with Crippen molar-refractivity contribution in [3.63, 3.8) is 0 Å². The van der Waals surface area contributed by atoms with Crippen molar-refractivity contribution in [2.45, 2.75) is 70.4 Å². The molecule has 1 aliphatic heterocycles. The van der Waals surface area contributed by atoms with Crippen LogP contribution in [0.5, 0.6) is 5.75 Å². The second-order valence-electron chi connectivity index (χ2n) is 9.58. The van der Waals surface area contributed by atoms with Crippen LogP contribution in [0.25, 0.3) is 0 Å². The molecule has 0 radical (unpaired) electrons. The van der Waals surface area contributed by atoms with Gasteiger partial charge in [0.05, 0.1) is 17.6 Å². The Balaban J connectivity index is 1.45. The van der Waals surface area contributed by atoms with Crippen molar-refractivity contribution in [1.82, 2.24) is 10.2 Å². The maximum Gasteiger partial charge on any atom is 0.293 e. The molecule has 1 aromatic rings. The summed E-state index contributed by atoms with van der Waals surface area (Å²) >= 11 is 0. The van der Waals surface area contributed by atoms with Gasteiger partial charge in [-0.15, -0.1) is 0 Å². The van der Waals surface area contributed by atoms with E-state index in [2.05, 4.69) is 15.5 Å². The molecule has 2 N–H and O–H groups in total. The molecule has 2 aliphatic carbocycles. The molecule has 3 fully saturated rings. The highest BCUT2D eigenvalue weighted by atomic mass is 16.6. The number of carbonyl (C=O) groups is 1. The highest BCUT2D eigenvalue weighted by Gasteiger charge is 2.42. The van der Waals surface area contributed by atoms with Gasteiger partial charge in [0.15, 0.2) is 0 Å². The van der Waals surface area contributed by atoms with E-state index in [0.29, 0.717) is 24.0 Å². The van der Waals surface area contributed by atoms with E-state index in [1.54, 1.807) is 6.07 Å². The van der Waals surface area contributed by atoms with Gasteiger partial charge in [0.25, 0.3) is 11.6 Å². The molecule has 8 heteroatoms. The minimum Gasteiger partial charge on any atom is -0.496 e. The van der Waals surface area contributed by atoms with Gasteiger partial charge < -0.3 is 15.4 Å². The number of hydrogen-bond acceptors (Lipinski definition) is 6. The Labute approximate surface area is 190 Å². The third-order valence-electron chi connectivity index (χ3n) is 7.57. The zero-order chi connectivity index (χ0) is 22.7. The number of methoxy groups -OCH3 is 1. The molecule has 1 atom stereocenters. The van der Waals surface area contributed by atoms with Crippen molar-refractivity contribution in [2.75, 3.05) is 32.1 Å². The van der Waals surface area contributed by atoms with Crippen LogP contribution in [0.4, 0.5) is 11.4 Å². The molecular weight excluding hydrogens is 408 g/mol. The maximum absolute atomic E-state index is 13.1. The van der Waals surface area contributed by atoms with Crippen LogP contribution >= 0.6 is 0 Å². The number of hydrogen-bond donors (Lipinski definition) is 2. The van der Waals surface area contributed by atoms with Crippen LogP contribution in [0.15, 0.2) is 12.1 Å². The molecule has 176 valence electrons. The number of carbonyl (C=O) groups excluding carboxylic acids is 1. The second-order valence-corrected chi connectivity index (χ2v) is 9.58. The lowest BCUT2D eigenvalue weighted by Gasteiger charge is -2.47. The number of fused-ring (bicyclic) bond motifs is 2. The number of rotatable bonds is 8. The zero-order valence-electron chi connectivity index (χ0n) is 19.3. The van der Waals surface area contributed by atoms with Crippen LogP contribution in [-0.2, 0) is 0 Å².